The topological polar surface area (TPSA) is 32.5 Å². The Labute approximate surface area is 166 Å². The van der Waals surface area contributed by atoms with Crippen LogP contribution < -0.4 is 5.73 Å². The van der Waals surface area contributed by atoms with Gasteiger partial charge in [-0.2, -0.15) is 0 Å². The molecule has 1 saturated heterocycles. The van der Waals surface area contributed by atoms with E-state index >= 15 is 0 Å². The Morgan fingerprint density at radius 3 is 2.08 bits per heavy atom. The molecule has 1 heterocycles. The van der Waals surface area contributed by atoms with Gasteiger partial charge in [0.25, 0.3) is 0 Å². The molecule has 0 spiro atoms. The number of nitrogen functional groups attached to an aromatic ring is 1. The summed E-state index contributed by atoms with van der Waals surface area (Å²) in [7, 11) is 0. The van der Waals surface area contributed by atoms with Gasteiger partial charge >= 0.3 is 0 Å². The highest BCUT2D eigenvalue weighted by Gasteiger charge is 2.18. The second-order valence-electron chi connectivity index (χ2n) is 6.00. The first-order valence-corrected chi connectivity index (χ1v) is 9.42. The van der Waals surface area contributed by atoms with E-state index in [1.807, 2.05) is 6.07 Å². The highest BCUT2D eigenvalue weighted by Crippen LogP contribution is 2.29. The molecule has 0 atom stereocenters. The molecule has 0 aliphatic carbocycles. The van der Waals surface area contributed by atoms with Gasteiger partial charge < -0.3 is 5.73 Å². The fourth-order valence-corrected chi connectivity index (χ4v) is 4.27. The van der Waals surface area contributed by atoms with Crippen LogP contribution in [0.3, 0.4) is 0 Å². The maximum absolute atomic E-state index is 6.19. The van der Waals surface area contributed by atoms with Crippen molar-refractivity contribution in [2.75, 3.05) is 31.9 Å². The molecule has 2 aromatic rings. The van der Waals surface area contributed by atoms with Crippen LogP contribution in [0.5, 0.6) is 0 Å². The number of anilines is 1. The molecule has 0 bridgehead atoms. The van der Waals surface area contributed by atoms with Crippen molar-refractivity contribution in [3.8, 4) is 0 Å². The molecule has 3 rings (SSSR count). The van der Waals surface area contributed by atoms with E-state index in [0.29, 0.717) is 0 Å². The van der Waals surface area contributed by atoms with Gasteiger partial charge in [-0.15, -0.1) is 12.4 Å². The number of rotatable bonds is 4. The minimum atomic E-state index is 0. The fourth-order valence-electron chi connectivity index (χ4n) is 2.96. The summed E-state index contributed by atoms with van der Waals surface area (Å²) in [5.74, 6) is 0. The van der Waals surface area contributed by atoms with Crippen LogP contribution in [0.2, 0.25) is 0 Å². The second kappa shape index (κ2) is 9.20. The van der Waals surface area contributed by atoms with Crippen molar-refractivity contribution < 1.29 is 0 Å². The van der Waals surface area contributed by atoms with Crippen molar-refractivity contribution in [1.29, 1.82) is 0 Å². The molecule has 24 heavy (non-hydrogen) atoms. The molecule has 1 aliphatic rings. The van der Waals surface area contributed by atoms with Crippen LogP contribution in [-0.4, -0.2) is 36.0 Å². The van der Waals surface area contributed by atoms with Gasteiger partial charge in [0, 0.05) is 48.2 Å². The van der Waals surface area contributed by atoms with Crippen molar-refractivity contribution in [3.63, 3.8) is 0 Å². The molecule has 1 aliphatic heterocycles. The van der Waals surface area contributed by atoms with Gasteiger partial charge in [-0.1, -0.05) is 46.3 Å². The zero-order chi connectivity index (χ0) is 16.2. The standard InChI is InChI=1S/C18H21Br2N3.ClH/c19-16-10-15(18(21)17(20)11-16)13-23-8-6-22(7-9-23)12-14-4-2-1-3-5-14;/h1-5,10-11H,6-9,12-13,21H2;1H. The van der Waals surface area contributed by atoms with E-state index in [4.69, 9.17) is 5.73 Å². The first-order valence-electron chi connectivity index (χ1n) is 7.84. The van der Waals surface area contributed by atoms with E-state index in [-0.39, 0.29) is 12.4 Å². The Balaban J connectivity index is 0.00000208. The molecule has 0 aromatic heterocycles. The zero-order valence-electron chi connectivity index (χ0n) is 13.4. The normalized spacial score (nSPS) is 15.9. The van der Waals surface area contributed by atoms with Crippen LogP contribution in [0, 0.1) is 0 Å². The minimum absolute atomic E-state index is 0. The van der Waals surface area contributed by atoms with Gasteiger partial charge in [0.1, 0.15) is 0 Å². The summed E-state index contributed by atoms with van der Waals surface area (Å²) in [6.45, 7) is 6.31. The summed E-state index contributed by atoms with van der Waals surface area (Å²) >= 11 is 7.07. The van der Waals surface area contributed by atoms with Crippen LogP contribution in [0.15, 0.2) is 51.4 Å². The van der Waals surface area contributed by atoms with Gasteiger partial charge in [-0.25, -0.2) is 0 Å². The van der Waals surface area contributed by atoms with E-state index in [9.17, 15) is 0 Å². The van der Waals surface area contributed by atoms with E-state index in [2.05, 4.69) is 78.1 Å². The highest BCUT2D eigenvalue weighted by atomic mass is 79.9. The first kappa shape index (κ1) is 19.7. The van der Waals surface area contributed by atoms with Gasteiger partial charge in [-0.3, -0.25) is 9.80 Å². The third-order valence-corrected chi connectivity index (χ3v) is 5.40. The molecule has 0 unspecified atom stereocenters. The van der Waals surface area contributed by atoms with Gasteiger partial charge in [0.2, 0.25) is 0 Å². The van der Waals surface area contributed by atoms with Crippen LogP contribution in [-0.2, 0) is 13.1 Å². The smallest absolute Gasteiger partial charge is 0.0504 e. The average Bonchev–Trinajstić information content (AvgIpc) is 2.55. The van der Waals surface area contributed by atoms with E-state index < -0.39 is 0 Å². The monoisotopic (exact) mass is 473 g/mol. The van der Waals surface area contributed by atoms with Crippen molar-refractivity contribution in [2.24, 2.45) is 0 Å². The molecular weight excluding hydrogens is 453 g/mol. The predicted octanol–water partition coefficient (Wildman–Crippen LogP) is 4.53. The molecule has 0 radical (unpaired) electrons. The number of benzene rings is 2. The predicted molar refractivity (Wildman–Crippen MR) is 110 cm³/mol. The molecule has 130 valence electrons. The van der Waals surface area contributed by atoms with Crippen molar-refractivity contribution in [2.45, 2.75) is 13.1 Å². The molecule has 1 fully saturated rings. The lowest BCUT2D eigenvalue weighted by atomic mass is 10.1. The third kappa shape index (κ3) is 5.20. The summed E-state index contributed by atoms with van der Waals surface area (Å²) in [4.78, 5) is 5.00. The lowest BCUT2D eigenvalue weighted by molar-refractivity contribution is 0.122. The Hall–Kier alpha value is -0.590. The van der Waals surface area contributed by atoms with Crippen molar-refractivity contribution in [1.82, 2.24) is 9.80 Å². The minimum Gasteiger partial charge on any atom is -0.398 e. The molecular formula is C18H22Br2ClN3. The number of piperazine rings is 1. The number of halogens is 3. The molecule has 3 nitrogen and oxygen atoms in total. The van der Waals surface area contributed by atoms with Gasteiger partial charge in [0.15, 0.2) is 0 Å². The summed E-state index contributed by atoms with van der Waals surface area (Å²) in [6.07, 6.45) is 0. The Morgan fingerprint density at radius 2 is 1.46 bits per heavy atom. The van der Waals surface area contributed by atoms with Crippen LogP contribution in [0.25, 0.3) is 0 Å². The quantitative estimate of drug-likeness (QED) is 0.660. The SMILES string of the molecule is Cl.Nc1c(Br)cc(Br)cc1CN1CCN(Cc2ccccc2)CC1. The third-order valence-electron chi connectivity index (χ3n) is 4.29. The summed E-state index contributed by atoms with van der Waals surface area (Å²) in [6, 6.07) is 14.8. The zero-order valence-corrected chi connectivity index (χ0v) is 17.4. The molecule has 6 heteroatoms. The van der Waals surface area contributed by atoms with Crippen LogP contribution in [0.4, 0.5) is 5.69 Å². The number of nitrogens with zero attached hydrogens (tertiary/aromatic N) is 2. The average molecular weight is 476 g/mol. The molecule has 2 N–H and O–H groups in total. The van der Waals surface area contributed by atoms with Gasteiger partial charge in [0.05, 0.1) is 5.69 Å². The Kier molecular flexibility index (Phi) is 7.57. The number of hydrogen-bond donors (Lipinski definition) is 1. The lowest BCUT2D eigenvalue weighted by Crippen LogP contribution is -2.45. The Morgan fingerprint density at radius 1 is 0.875 bits per heavy atom. The maximum atomic E-state index is 6.19. The van der Waals surface area contributed by atoms with E-state index in [1.54, 1.807) is 0 Å². The van der Waals surface area contributed by atoms with Crippen molar-refractivity contribution >= 4 is 50.0 Å². The molecule has 2 aromatic carbocycles. The second-order valence-corrected chi connectivity index (χ2v) is 7.77. The summed E-state index contributed by atoms with van der Waals surface area (Å²) < 4.78 is 2.03. The fraction of sp³-hybridized carbons (Fsp3) is 0.333. The summed E-state index contributed by atoms with van der Waals surface area (Å²) in [5.41, 5.74) is 9.61. The van der Waals surface area contributed by atoms with E-state index in [0.717, 1.165) is 53.9 Å². The van der Waals surface area contributed by atoms with Gasteiger partial charge in [-0.05, 0) is 39.2 Å². The number of nitrogens with two attached hydrogens (primary N) is 1. The maximum Gasteiger partial charge on any atom is 0.0504 e. The first-order chi connectivity index (χ1) is 11.1. The highest BCUT2D eigenvalue weighted by molar-refractivity contribution is 9.11. The molecule has 0 amide bonds. The van der Waals surface area contributed by atoms with Crippen LogP contribution in [0.1, 0.15) is 11.1 Å². The lowest BCUT2D eigenvalue weighted by Gasteiger charge is -2.35. The van der Waals surface area contributed by atoms with Crippen LogP contribution >= 0.6 is 44.3 Å². The largest absolute Gasteiger partial charge is 0.398 e. The number of hydrogen-bond acceptors (Lipinski definition) is 3. The van der Waals surface area contributed by atoms with E-state index in [1.165, 1.54) is 11.1 Å². The molecule has 0 saturated carbocycles. The Bertz CT molecular complexity index is 659. The van der Waals surface area contributed by atoms with Crippen molar-refractivity contribution in [3.05, 3.63) is 62.5 Å². The summed E-state index contributed by atoms with van der Waals surface area (Å²) in [5, 5.41) is 0.